The van der Waals surface area contributed by atoms with E-state index in [0.717, 1.165) is 34.4 Å². The lowest BCUT2D eigenvalue weighted by Gasteiger charge is -2.08. The number of pyridine rings is 2. The fourth-order valence-corrected chi connectivity index (χ4v) is 3.51. The van der Waals surface area contributed by atoms with Crippen molar-refractivity contribution in [2.24, 2.45) is 0 Å². The SMILES string of the molecule is c1ccc(Oc2cccc(CSCc3cccc(Oc4ccccc4)n3)n2)cc1. The van der Waals surface area contributed by atoms with Crippen LogP contribution in [0.15, 0.2) is 97.1 Å². The molecule has 0 amide bonds. The van der Waals surface area contributed by atoms with Crippen molar-refractivity contribution in [2.45, 2.75) is 11.5 Å². The number of para-hydroxylation sites is 2. The van der Waals surface area contributed by atoms with Crippen LogP contribution >= 0.6 is 11.8 Å². The van der Waals surface area contributed by atoms with Gasteiger partial charge in [-0.05, 0) is 36.4 Å². The van der Waals surface area contributed by atoms with Crippen LogP contribution in [0.25, 0.3) is 0 Å². The molecule has 0 N–H and O–H groups in total. The van der Waals surface area contributed by atoms with E-state index >= 15 is 0 Å². The molecular formula is C24H20N2O2S. The van der Waals surface area contributed by atoms with Crippen molar-refractivity contribution in [2.75, 3.05) is 0 Å². The molecule has 0 aliphatic heterocycles. The Balaban J connectivity index is 1.32. The molecule has 0 radical (unpaired) electrons. The number of benzene rings is 2. The highest BCUT2D eigenvalue weighted by molar-refractivity contribution is 7.97. The van der Waals surface area contributed by atoms with Crippen molar-refractivity contribution >= 4 is 11.8 Å². The molecule has 5 heteroatoms. The highest BCUT2D eigenvalue weighted by Crippen LogP contribution is 2.23. The third-order valence-electron chi connectivity index (χ3n) is 3.99. The molecule has 0 unspecified atom stereocenters. The molecule has 2 heterocycles. The largest absolute Gasteiger partial charge is 0.439 e. The average Bonchev–Trinajstić information content (AvgIpc) is 2.76. The van der Waals surface area contributed by atoms with E-state index in [1.807, 2.05) is 97.1 Å². The number of hydrogen-bond acceptors (Lipinski definition) is 5. The lowest BCUT2D eigenvalue weighted by atomic mass is 10.3. The molecule has 2 aromatic heterocycles. The molecule has 4 aromatic rings. The van der Waals surface area contributed by atoms with E-state index in [1.165, 1.54) is 0 Å². The fraction of sp³-hybridized carbons (Fsp3) is 0.0833. The van der Waals surface area contributed by atoms with E-state index in [-0.39, 0.29) is 0 Å². The van der Waals surface area contributed by atoms with Crippen LogP contribution in [0.1, 0.15) is 11.4 Å². The summed E-state index contributed by atoms with van der Waals surface area (Å²) < 4.78 is 11.6. The first kappa shape index (κ1) is 19.0. The molecule has 2 aromatic carbocycles. The Hall–Kier alpha value is -3.31. The summed E-state index contributed by atoms with van der Waals surface area (Å²) in [5, 5.41) is 0. The Morgan fingerprint density at radius 2 is 0.966 bits per heavy atom. The summed E-state index contributed by atoms with van der Waals surface area (Å²) in [6, 6.07) is 31.0. The molecule has 0 atom stereocenters. The third kappa shape index (κ3) is 5.83. The van der Waals surface area contributed by atoms with E-state index in [1.54, 1.807) is 11.8 Å². The number of thioether (sulfide) groups is 1. The molecule has 0 spiro atoms. The second-order valence-corrected chi connectivity index (χ2v) is 7.24. The maximum atomic E-state index is 5.81. The second-order valence-electron chi connectivity index (χ2n) is 6.26. The Labute approximate surface area is 174 Å². The van der Waals surface area contributed by atoms with Gasteiger partial charge in [0.05, 0.1) is 11.4 Å². The van der Waals surface area contributed by atoms with Gasteiger partial charge in [-0.25, -0.2) is 9.97 Å². The Kier molecular flexibility index (Phi) is 6.40. The summed E-state index contributed by atoms with van der Waals surface area (Å²) in [4.78, 5) is 9.17. The molecule has 0 saturated heterocycles. The molecule has 0 fully saturated rings. The lowest BCUT2D eigenvalue weighted by Crippen LogP contribution is -1.94. The summed E-state index contributed by atoms with van der Waals surface area (Å²) in [6.45, 7) is 0. The minimum Gasteiger partial charge on any atom is -0.439 e. The summed E-state index contributed by atoms with van der Waals surface area (Å²) in [6.07, 6.45) is 0. The van der Waals surface area contributed by atoms with E-state index in [0.29, 0.717) is 11.8 Å². The lowest BCUT2D eigenvalue weighted by molar-refractivity contribution is 0.461. The Morgan fingerprint density at radius 3 is 1.41 bits per heavy atom. The van der Waals surface area contributed by atoms with Crippen LogP contribution in [-0.4, -0.2) is 9.97 Å². The molecule has 29 heavy (non-hydrogen) atoms. The molecule has 0 aliphatic rings. The van der Waals surface area contributed by atoms with Crippen LogP contribution in [0.5, 0.6) is 23.3 Å². The second kappa shape index (κ2) is 9.75. The first-order chi connectivity index (χ1) is 14.3. The van der Waals surface area contributed by atoms with Gasteiger partial charge in [-0.15, -0.1) is 11.8 Å². The van der Waals surface area contributed by atoms with Gasteiger partial charge in [0.1, 0.15) is 11.5 Å². The Morgan fingerprint density at radius 1 is 0.517 bits per heavy atom. The van der Waals surface area contributed by atoms with Crippen LogP contribution in [0.2, 0.25) is 0 Å². The molecule has 0 aliphatic carbocycles. The minimum absolute atomic E-state index is 0.602. The van der Waals surface area contributed by atoms with Gasteiger partial charge >= 0.3 is 0 Å². The van der Waals surface area contributed by atoms with Gasteiger partial charge < -0.3 is 9.47 Å². The minimum atomic E-state index is 0.602. The smallest absolute Gasteiger partial charge is 0.219 e. The van der Waals surface area contributed by atoms with Gasteiger partial charge in [0.2, 0.25) is 11.8 Å². The van der Waals surface area contributed by atoms with E-state index in [2.05, 4.69) is 9.97 Å². The average molecular weight is 401 g/mol. The Bertz CT molecular complexity index is 958. The first-order valence-corrected chi connectivity index (χ1v) is 10.5. The van der Waals surface area contributed by atoms with Gasteiger partial charge in [-0.1, -0.05) is 48.5 Å². The summed E-state index contributed by atoms with van der Waals surface area (Å²) in [7, 11) is 0. The maximum absolute atomic E-state index is 5.81. The number of rotatable bonds is 8. The highest BCUT2D eigenvalue weighted by atomic mass is 32.2. The molecule has 4 nitrogen and oxygen atoms in total. The summed E-state index contributed by atoms with van der Waals surface area (Å²) >= 11 is 1.75. The number of nitrogens with zero attached hydrogens (tertiary/aromatic N) is 2. The van der Waals surface area contributed by atoms with Gasteiger partial charge in [0.15, 0.2) is 0 Å². The fourth-order valence-electron chi connectivity index (χ4n) is 2.67. The third-order valence-corrected chi connectivity index (χ3v) is 4.99. The van der Waals surface area contributed by atoms with Crippen molar-refractivity contribution in [3.8, 4) is 23.3 Å². The van der Waals surface area contributed by atoms with E-state index < -0.39 is 0 Å². The number of aromatic nitrogens is 2. The molecule has 144 valence electrons. The van der Waals surface area contributed by atoms with Crippen LogP contribution in [0.3, 0.4) is 0 Å². The van der Waals surface area contributed by atoms with Crippen LogP contribution < -0.4 is 9.47 Å². The van der Waals surface area contributed by atoms with Crippen LogP contribution in [0.4, 0.5) is 0 Å². The predicted molar refractivity (Wildman–Crippen MR) is 117 cm³/mol. The monoisotopic (exact) mass is 400 g/mol. The molecular weight excluding hydrogens is 380 g/mol. The number of ether oxygens (including phenoxy) is 2. The summed E-state index contributed by atoms with van der Waals surface area (Å²) in [5.41, 5.74) is 1.94. The zero-order chi connectivity index (χ0) is 19.7. The summed E-state index contributed by atoms with van der Waals surface area (Å²) in [5.74, 6) is 4.32. The predicted octanol–water partition coefficient (Wildman–Crippen LogP) is 6.49. The topological polar surface area (TPSA) is 44.2 Å². The molecule has 0 bridgehead atoms. The van der Waals surface area contributed by atoms with Gasteiger partial charge in [-0.3, -0.25) is 0 Å². The highest BCUT2D eigenvalue weighted by Gasteiger charge is 2.04. The van der Waals surface area contributed by atoms with Crippen molar-refractivity contribution in [1.29, 1.82) is 0 Å². The standard InChI is InChI=1S/C24H20N2O2S/c1-3-11-21(12-4-1)27-23-15-7-9-19(25-23)17-29-18-20-10-8-16-24(26-20)28-22-13-5-2-6-14-22/h1-16H,17-18H2. The van der Waals surface area contributed by atoms with Gasteiger partial charge in [-0.2, -0.15) is 0 Å². The first-order valence-electron chi connectivity index (χ1n) is 9.30. The van der Waals surface area contributed by atoms with Crippen molar-refractivity contribution < 1.29 is 9.47 Å². The van der Waals surface area contributed by atoms with Crippen molar-refractivity contribution in [3.63, 3.8) is 0 Å². The quantitative estimate of drug-likeness (QED) is 0.338. The van der Waals surface area contributed by atoms with E-state index in [9.17, 15) is 0 Å². The zero-order valence-electron chi connectivity index (χ0n) is 15.8. The van der Waals surface area contributed by atoms with Crippen LogP contribution in [-0.2, 0) is 11.5 Å². The van der Waals surface area contributed by atoms with E-state index in [4.69, 9.17) is 9.47 Å². The zero-order valence-corrected chi connectivity index (χ0v) is 16.6. The normalized spacial score (nSPS) is 10.5. The molecule has 4 rings (SSSR count). The molecule has 0 saturated carbocycles. The van der Waals surface area contributed by atoms with Gasteiger partial charge in [0, 0.05) is 23.6 Å². The van der Waals surface area contributed by atoms with Crippen molar-refractivity contribution in [3.05, 3.63) is 108 Å². The maximum Gasteiger partial charge on any atom is 0.219 e. The van der Waals surface area contributed by atoms with Gasteiger partial charge in [0.25, 0.3) is 0 Å². The van der Waals surface area contributed by atoms with Crippen molar-refractivity contribution in [1.82, 2.24) is 9.97 Å². The number of hydrogen-bond donors (Lipinski definition) is 0. The van der Waals surface area contributed by atoms with Crippen LogP contribution in [0, 0.1) is 0 Å².